The van der Waals surface area contributed by atoms with Crippen LogP contribution in [0.3, 0.4) is 0 Å². The van der Waals surface area contributed by atoms with Gasteiger partial charge in [-0.25, -0.2) is 4.79 Å². The lowest BCUT2D eigenvalue weighted by Crippen LogP contribution is -2.39. The summed E-state index contributed by atoms with van der Waals surface area (Å²) in [6, 6.07) is 5.36. The van der Waals surface area contributed by atoms with Crippen LogP contribution in [0.1, 0.15) is 6.92 Å². The molecule has 3 aromatic rings. The van der Waals surface area contributed by atoms with Crippen LogP contribution in [-0.2, 0) is 20.1 Å². The van der Waals surface area contributed by atoms with Gasteiger partial charge in [-0.1, -0.05) is 11.6 Å². The molecule has 8 nitrogen and oxygen atoms in total. The molecule has 0 bridgehead atoms. The molecule has 3 heterocycles. The third kappa shape index (κ3) is 2.18. The van der Waals surface area contributed by atoms with Gasteiger partial charge in [-0.05, 0) is 25.1 Å². The number of rotatable bonds is 3. The quantitative estimate of drug-likeness (QED) is 0.697. The van der Waals surface area contributed by atoms with Gasteiger partial charge < -0.3 is 14.2 Å². The van der Waals surface area contributed by atoms with E-state index < -0.39 is 0 Å². The van der Waals surface area contributed by atoms with E-state index in [-0.39, 0.29) is 11.2 Å². The largest absolute Gasteiger partial charge is 0.495 e. The van der Waals surface area contributed by atoms with E-state index in [0.717, 1.165) is 5.69 Å². The monoisotopic (exact) mass is 375 g/mol. The number of imidazole rings is 1. The molecule has 1 aliphatic heterocycles. The van der Waals surface area contributed by atoms with Gasteiger partial charge in [-0.2, -0.15) is 4.98 Å². The van der Waals surface area contributed by atoms with Crippen molar-refractivity contribution in [1.82, 2.24) is 18.7 Å². The summed E-state index contributed by atoms with van der Waals surface area (Å²) in [5, 5.41) is 0.580. The SMILES string of the molecule is CCn1c(=O)c2c(nc3n2CCN3c2cc(Cl)ccc2OC)n(C)c1=O. The zero-order valence-electron chi connectivity index (χ0n) is 14.7. The zero-order chi connectivity index (χ0) is 18.6. The van der Waals surface area contributed by atoms with Gasteiger partial charge in [0.1, 0.15) is 5.75 Å². The molecule has 9 heteroatoms. The molecule has 0 unspecified atom stereocenters. The highest BCUT2D eigenvalue weighted by molar-refractivity contribution is 6.31. The van der Waals surface area contributed by atoms with Gasteiger partial charge in [-0.3, -0.25) is 13.9 Å². The Morgan fingerprint density at radius 1 is 1.27 bits per heavy atom. The Labute approximate surface area is 153 Å². The predicted octanol–water partition coefficient (Wildman–Crippen LogP) is 1.73. The highest BCUT2D eigenvalue weighted by Gasteiger charge is 2.30. The van der Waals surface area contributed by atoms with Gasteiger partial charge in [-0.15, -0.1) is 0 Å². The van der Waals surface area contributed by atoms with Crippen LogP contribution in [0.25, 0.3) is 11.2 Å². The molecule has 0 saturated heterocycles. The molecular weight excluding hydrogens is 358 g/mol. The number of halogens is 1. The average molecular weight is 376 g/mol. The van der Waals surface area contributed by atoms with Gasteiger partial charge in [0.25, 0.3) is 5.56 Å². The highest BCUT2D eigenvalue weighted by atomic mass is 35.5. The number of benzene rings is 1. The third-order valence-electron chi connectivity index (χ3n) is 4.75. The van der Waals surface area contributed by atoms with E-state index in [0.29, 0.717) is 47.5 Å². The van der Waals surface area contributed by atoms with E-state index in [4.69, 9.17) is 16.3 Å². The van der Waals surface area contributed by atoms with Crippen molar-refractivity contribution in [1.29, 1.82) is 0 Å². The Bertz CT molecular complexity index is 1140. The lowest BCUT2D eigenvalue weighted by molar-refractivity contribution is 0.415. The molecule has 4 rings (SSSR count). The summed E-state index contributed by atoms with van der Waals surface area (Å²) in [5.74, 6) is 1.26. The van der Waals surface area contributed by atoms with Crippen molar-refractivity contribution < 1.29 is 4.74 Å². The molecular formula is C17H18ClN5O3. The fourth-order valence-electron chi connectivity index (χ4n) is 3.46. The van der Waals surface area contributed by atoms with E-state index in [1.165, 1.54) is 9.13 Å². The molecule has 0 radical (unpaired) electrons. The lowest BCUT2D eigenvalue weighted by atomic mass is 10.2. The first-order valence-electron chi connectivity index (χ1n) is 8.29. The second kappa shape index (κ2) is 5.91. The maximum absolute atomic E-state index is 12.8. The summed E-state index contributed by atoms with van der Waals surface area (Å²) >= 11 is 6.16. The van der Waals surface area contributed by atoms with E-state index >= 15 is 0 Å². The first-order valence-corrected chi connectivity index (χ1v) is 8.66. The Morgan fingerprint density at radius 3 is 2.73 bits per heavy atom. The summed E-state index contributed by atoms with van der Waals surface area (Å²) in [6.45, 7) is 3.30. The van der Waals surface area contributed by atoms with Crippen LogP contribution in [0.2, 0.25) is 5.02 Å². The minimum atomic E-state index is -0.367. The van der Waals surface area contributed by atoms with Crippen LogP contribution >= 0.6 is 11.6 Å². The minimum absolute atomic E-state index is 0.313. The lowest BCUT2D eigenvalue weighted by Gasteiger charge is -2.19. The molecule has 1 aromatic carbocycles. The topological polar surface area (TPSA) is 74.3 Å². The van der Waals surface area contributed by atoms with Crippen LogP contribution in [0, 0.1) is 0 Å². The van der Waals surface area contributed by atoms with Gasteiger partial charge in [0.2, 0.25) is 5.95 Å². The van der Waals surface area contributed by atoms with Crippen LogP contribution in [-0.4, -0.2) is 32.3 Å². The Morgan fingerprint density at radius 2 is 2.04 bits per heavy atom. The third-order valence-corrected chi connectivity index (χ3v) is 4.98. The number of aryl methyl sites for hydroxylation is 1. The zero-order valence-corrected chi connectivity index (χ0v) is 15.4. The predicted molar refractivity (Wildman–Crippen MR) is 99.9 cm³/mol. The van der Waals surface area contributed by atoms with E-state index in [2.05, 4.69) is 4.98 Å². The molecule has 0 amide bonds. The van der Waals surface area contributed by atoms with Gasteiger partial charge in [0.05, 0.1) is 12.8 Å². The summed E-state index contributed by atoms with van der Waals surface area (Å²) in [6.07, 6.45) is 0. The number of hydrogen-bond acceptors (Lipinski definition) is 5. The molecule has 0 saturated carbocycles. The van der Waals surface area contributed by atoms with Crippen LogP contribution in [0.5, 0.6) is 5.75 Å². The number of ether oxygens (including phenoxy) is 1. The second-order valence-electron chi connectivity index (χ2n) is 6.09. The Kier molecular flexibility index (Phi) is 3.80. The van der Waals surface area contributed by atoms with Gasteiger partial charge in [0, 0.05) is 31.7 Å². The van der Waals surface area contributed by atoms with Crippen molar-refractivity contribution in [2.75, 3.05) is 18.6 Å². The first-order chi connectivity index (χ1) is 12.5. The molecule has 0 N–H and O–H groups in total. The molecule has 136 valence electrons. The standard InChI is InChI=1S/C17H18ClN5O3/c1-4-21-15(24)13-14(20(2)17(21)25)19-16-22(7-8-23(13)16)11-9-10(18)5-6-12(11)26-3/h5-6,9H,4,7-8H2,1-3H3. The fraction of sp³-hybridized carbons (Fsp3) is 0.353. The van der Waals surface area contributed by atoms with Crippen molar-refractivity contribution in [3.8, 4) is 5.75 Å². The summed E-state index contributed by atoms with van der Waals surface area (Å²) < 4.78 is 9.94. The smallest absolute Gasteiger partial charge is 0.332 e. The average Bonchev–Trinajstić information content (AvgIpc) is 3.19. The number of aromatic nitrogens is 4. The summed E-state index contributed by atoms with van der Waals surface area (Å²) in [4.78, 5) is 31.7. The van der Waals surface area contributed by atoms with E-state index in [1.807, 2.05) is 9.47 Å². The fourth-order valence-corrected chi connectivity index (χ4v) is 3.63. The van der Waals surface area contributed by atoms with Gasteiger partial charge in [0.15, 0.2) is 11.2 Å². The molecule has 0 fully saturated rings. The number of methoxy groups -OCH3 is 1. The number of hydrogen-bond donors (Lipinski definition) is 0. The normalized spacial score (nSPS) is 13.5. The van der Waals surface area contributed by atoms with Crippen molar-refractivity contribution in [2.45, 2.75) is 20.0 Å². The van der Waals surface area contributed by atoms with Crippen LogP contribution in [0.4, 0.5) is 11.6 Å². The summed E-state index contributed by atoms with van der Waals surface area (Å²) in [7, 11) is 3.22. The van der Waals surface area contributed by atoms with Gasteiger partial charge >= 0.3 is 5.69 Å². The molecule has 26 heavy (non-hydrogen) atoms. The van der Waals surface area contributed by atoms with Crippen LogP contribution in [0.15, 0.2) is 27.8 Å². The molecule has 0 spiro atoms. The molecule has 0 aliphatic carbocycles. The number of anilines is 2. The van der Waals surface area contributed by atoms with Crippen molar-refractivity contribution in [3.63, 3.8) is 0 Å². The summed E-state index contributed by atoms with van der Waals surface area (Å²) in [5.41, 5.74) is 0.908. The Balaban J connectivity index is 2.00. The van der Waals surface area contributed by atoms with E-state index in [1.54, 1.807) is 39.3 Å². The Hall–Kier alpha value is -2.74. The second-order valence-corrected chi connectivity index (χ2v) is 6.53. The minimum Gasteiger partial charge on any atom is -0.495 e. The molecule has 1 aliphatic rings. The maximum atomic E-state index is 12.8. The van der Waals surface area contributed by atoms with Crippen molar-refractivity contribution >= 4 is 34.4 Å². The van der Waals surface area contributed by atoms with Crippen molar-refractivity contribution in [2.24, 2.45) is 7.05 Å². The molecule has 2 aromatic heterocycles. The first kappa shape index (κ1) is 16.7. The van der Waals surface area contributed by atoms with Crippen LogP contribution < -0.4 is 20.9 Å². The number of fused-ring (bicyclic) bond motifs is 3. The highest BCUT2D eigenvalue weighted by Crippen LogP contribution is 2.38. The van der Waals surface area contributed by atoms with Crippen molar-refractivity contribution in [3.05, 3.63) is 44.1 Å². The molecule has 0 atom stereocenters. The maximum Gasteiger partial charge on any atom is 0.332 e. The van der Waals surface area contributed by atoms with E-state index in [9.17, 15) is 9.59 Å². The number of nitrogens with zero attached hydrogens (tertiary/aromatic N) is 5.